The molecule has 0 saturated carbocycles. The lowest BCUT2D eigenvalue weighted by molar-refractivity contribution is -0.120. The van der Waals surface area contributed by atoms with Gasteiger partial charge in [-0.3, -0.25) is 14.8 Å². The second kappa shape index (κ2) is 18.0. The van der Waals surface area contributed by atoms with Crippen molar-refractivity contribution in [3.8, 4) is 22.3 Å². The lowest BCUT2D eigenvalue weighted by Gasteiger charge is -2.23. The van der Waals surface area contributed by atoms with E-state index < -0.39 is 29.7 Å². The minimum absolute atomic E-state index is 0.0101. The number of Topliss-reactive ketones (excluding diaryl/α,β-unsaturated/α-hetero) is 1. The van der Waals surface area contributed by atoms with Crippen molar-refractivity contribution in [2.45, 2.75) is 45.3 Å². The van der Waals surface area contributed by atoms with Crippen LogP contribution in [0.1, 0.15) is 52.6 Å². The van der Waals surface area contributed by atoms with Crippen LogP contribution in [0.2, 0.25) is 0 Å². The predicted octanol–water partition coefficient (Wildman–Crippen LogP) is 6.90. The summed E-state index contributed by atoms with van der Waals surface area (Å²) in [5.74, 6) is -1.10. The molecule has 52 heavy (non-hydrogen) atoms. The Kier molecular flexibility index (Phi) is 13.3. The summed E-state index contributed by atoms with van der Waals surface area (Å²) < 4.78 is 15.0. The maximum absolute atomic E-state index is 13.4. The summed E-state index contributed by atoms with van der Waals surface area (Å²) in [6.07, 6.45) is 6.36. The average molecular weight is 703 g/mol. The summed E-state index contributed by atoms with van der Waals surface area (Å²) in [7, 11) is 2.66. The number of carbonyl (C=O) groups is 4. The number of anilines is 1. The van der Waals surface area contributed by atoms with Crippen LogP contribution >= 0.6 is 0 Å². The highest BCUT2D eigenvalue weighted by Crippen LogP contribution is 2.25. The van der Waals surface area contributed by atoms with E-state index in [1.54, 1.807) is 69.8 Å². The number of ether oxygens (including phenoxy) is 3. The Labute approximate surface area is 303 Å². The highest BCUT2D eigenvalue weighted by atomic mass is 16.6. The molecule has 1 amide bonds. The van der Waals surface area contributed by atoms with E-state index in [1.165, 1.54) is 14.2 Å². The van der Waals surface area contributed by atoms with E-state index in [9.17, 15) is 19.2 Å². The van der Waals surface area contributed by atoms with Gasteiger partial charge in [0.1, 0.15) is 5.60 Å². The van der Waals surface area contributed by atoms with E-state index in [-0.39, 0.29) is 12.2 Å². The Morgan fingerprint density at radius 2 is 1.19 bits per heavy atom. The van der Waals surface area contributed by atoms with Gasteiger partial charge in [-0.2, -0.15) is 0 Å². The summed E-state index contributed by atoms with van der Waals surface area (Å²) in [4.78, 5) is 57.6. The van der Waals surface area contributed by atoms with Crippen molar-refractivity contribution in [2.75, 3.05) is 20.0 Å². The molecule has 5 aromatic rings. The van der Waals surface area contributed by atoms with Gasteiger partial charge in [0.15, 0.2) is 5.78 Å². The zero-order valence-electron chi connectivity index (χ0n) is 29.8. The molecule has 268 valence electrons. The minimum Gasteiger partial charge on any atom is -0.465 e. The Morgan fingerprint density at radius 3 is 1.71 bits per heavy atom. The summed E-state index contributed by atoms with van der Waals surface area (Å²) in [5, 5.41) is 2.73. The van der Waals surface area contributed by atoms with Gasteiger partial charge >= 0.3 is 18.0 Å². The first-order valence-electron chi connectivity index (χ1n) is 16.4. The van der Waals surface area contributed by atoms with Crippen LogP contribution in [0.3, 0.4) is 0 Å². The second-order valence-electron chi connectivity index (χ2n) is 12.7. The first kappa shape index (κ1) is 38.4. The lowest BCUT2D eigenvalue weighted by atomic mass is 9.94. The standard InChI is InChI=1S/C28H30N2O5.C13H12N2O2/c1-28(2,3)35-27(33)30-24(16-19-8-6-5-7-9-19)25(31)17-20-14-22(21-10-12-29-13-11-21)18-23(15-20)26(32)34-4;1-17-13(16)11-6-10(7-12(14)8-11)9-2-4-15-5-3-9/h5-15,18,24H,16-17H2,1-4H3,(H,30,33);2-8H,14H2,1H3/t24-;/m0./s1. The maximum atomic E-state index is 13.4. The summed E-state index contributed by atoms with van der Waals surface area (Å²) in [6, 6.07) is 26.4. The van der Waals surface area contributed by atoms with E-state index in [4.69, 9.17) is 15.2 Å². The van der Waals surface area contributed by atoms with Crippen molar-refractivity contribution < 1.29 is 33.4 Å². The Balaban J connectivity index is 0.000000296. The average Bonchev–Trinajstić information content (AvgIpc) is 3.14. The Hall–Kier alpha value is -6.36. The van der Waals surface area contributed by atoms with Crippen molar-refractivity contribution >= 4 is 29.5 Å². The van der Waals surface area contributed by atoms with Crippen LogP contribution in [0.25, 0.3) is 22.3 Å². The van der Waals surface area contributed by atoms with Gasteiger partial charge in [-0.05, 0) is 115 Å². The number of nitrogens with zero attached hydrogens (tertiary/aromatic N) is 2. The number of carbonyl (C=O) groups excluding carboxylic acids is 4. The number of esters is 2. The summed E-state index contributed by atoms with van der Waals surface area (Å²) in [5.41, 5.74) is 11.4. The van der Waals surface area contributed by atoms with Crippen LogP contribution in [0.4, 0.5) is 10.5 Å². The van der Waals surface area contributed by atoms with Gasteiger partial charge < -0.3 is 25.3 Å². The van der Waals surface area contributed by atoms with Crippen LogP contribution in [0.15, 0.2) is 116 Å². The Bertz CT molecular complexity index is 1980. The zero-order valence-corrected chi connectivity index (χ0v) is 29.8. The van der Waals surface area contributed by atoms with Crippen molar-refractivity contribution in [1.29, 1.82) is 0 Å². The number of aromatic nitrogens is 2. The molecule has 5 rings (SSSR count). The van der Waals surface area contributed by atoms with Gasteiger partial charge in [-0.25, -0.2) is 14.4 Å². The third kappa shape index (κ3) is 11.6. The fourth-order valence-corrected chi connectivity index (χ4v) is 5.21. The monoisotopic (exact) mass is 702 g/mol. The van der Waals surface area contributed by atoms with Crippen LogP contribution in [0.5, 0.6) is 0 Å². The van der Waals surface area contributed by atoms with E-state index in [1.807, 2.05) is 66.7 Å². The van der Waals surface area contributed by atoms with E-state index in [0.717, 1.165) is 27.8 Å². The largest absolute Gasteiger partial charge is 0.465 e. The highest BCUT2D eigenvalue weighted by molar-refractivity contribution is 5.94. The second-order valence-corrected chi connectivity index (χ2v) is 12.7. The first-order chi connectivity index (χ1) is 24.8. The van der Waals surface area contributed by atoms with Gasteiger partial charge in [0, 0.05) is 36.9 Å². The highest BCUT2D eigenvalue weighted by Gasteiger charge is 2.25. The summed E-state index contributed by atoms with van der Waals surface area (Å²) >= 11 is 0. The van der Waals surface area contributed by atoms with Crippen LogP contribution in [-0.2, 0) is 31.8 Å². The number of methoxy groups -OCH3 is 2. The smallest absolute Gasteiger partial charge is 0.408 e. The topological polar surface area (TPSA) is 160 Å². The molecule has 0 bridgehead atoms. The summed E-state index contributed by atoms with van der Waals surface area (Å²) in [6.45, 7) is 5.29. The number of nitrogens with two attached hydrogens (primary N) is 1. The molecule has 11 heteroatoms. The SMILES string of the molecule is COC(=O)c1cc(CC(=O)[C@H](Cc2ccccc2)NC(=O)OC(C)(C)C)cc(-c2ccncc2)c1.COC(=O)c1cc(N)cc(-c2ccncc2)c1. The number of hydrogen-bond donors (Lipinski definition) is 2. The molecule has 3 N–H and O–H groups in total. The molecule has 2 aromatic heterocycles. The molecule has 0 aliphatic heterocycles. The quantitative estimate of drug-likeness (QED) is 0.0890. The fraction of sp³-hybridized carbons (Fsp3) is 0.220. The van der Waals surface area contributed by atoms with Crippen molar-refractivity contribution in [1.82, 2.24) is 15.3 Å². The van der Waals surface area contributed by atoms with Crippen LogP contribution < -0.4 is 11.1 Å². The van der Waals surface area contributed by atoms with Crippen molar-refractivity contribution in [3.63, 3.8) is 0 Å². The molecule has 0 fully saturated rings. The third-order valence-electron chi connectivity index (χ3n) is 7.56. The van der Waals surface area contributed by atoms with Gasteiger partial charge in [-0.1, -0.05) is 36.4 Å². The van der Waals surface area contributed by atoms with Crippen LogP contribution in [0, 0.1) is 0 Å². The molecule has 11 nitrogen and oxygen atoms in total. The molecule has 0 aliphatic carbocycles. The van der Waals surface area contributed by atoms with Crippen LogP contribution in [-0.4, -0.2) is 59.6 Å². The number of benzene rings is 3. The van der Waals surface area contributed by atoms with Gasteiger partial charge in [0.05, 0.1) is 31.4 Å². The van der Waals surface area contributed by atoms with Gasteiger partial charge in [0.25, 0.3) is 0 Å². The molecular formula is C41H42N4O7. The number of alkyl carbamates (subject to hydrolysis) is 1. The molecule has 2 heterocycles. The number of rotatable bonds is 10. The first-order valence-corrected chi connectivity index (χ1v) is 16.4. The fourth-order valence-electron chi connectivity index (χ4n) is 5.21. The van der Waals surface area contributed by atoms with E-state index >= 15 is 0 Å². The van der Waals surface area contributed by atoms with Gasteiger partial charge in [-0.15, -0.1) is 0 Å². The molecule has 0 saturated heterocycles. The number of hydrogen-bond acceptors (Lipinski definition) is 10. The number of nitrogen functional groups attached to an aromatic ring is 1. The molecule has 0 aliphatic rings. The minimum atomic E-state index is -0.807. The van der Waals surface area contributed by atoms with E-state index in [0.29, 0.717) is 28.8 Å². The number of amides is 1. The van der Waals surface area contributed by atoms with Crippen molar-refractivity contribution in [2.24, 2.45) is 0 Å². The normalized spacial score (nSPS) is 11.2. The molecule has 1 atom stereocenters. The molecule has 0 radical (unpaired) electrons. The number of ketones is 1. The van der Waals surface area contributed by atoms with Crippen molar-refractivity contribution in [3.05, 3.63) is 138 Å². The van der Waals surface area contributed by atoms with E-state index in [2.05, 4.69) is 20.0 Å². The lowest BCUT2D eigenvalue weighted by Crippen LogP contribution is -2.45. The van der Waals surface area contributed by atoms with Gasteiger partial charge in [0.2, 0.25) is 0 Å². The maximum Gasteiger partial charge on any atom is 0.408 e. The molecular weight excluding hydrogens is 660 g/mol. The number of nitrogens with one attached hydrogen (secondary N) is 1. The molecule has 0 unspecified atom stereocenters. The Morgan fingerprint density at radius 1 is 0.673 bits per heavy atom. The third-order valence-corrected chi connectivity index (χ3v) is 7.56. The molecule has 3 aromatic carbocycles. The predicted molar refractivity (Wildman–Crippen MR) is 198 cm³/mol. The number of pyridine rings is 2. The zero-order chi connectivity index (χ0) is 37.7. The molecule has 0 spiro atoms.